The van der Waals surface area contributed by atoms with E-state index in [9.17, 15) is 18.0 Å². The van der Waals surface area contributed by atoms with Crippen molar-refractivity contribution in [2.24, 2.45) is 0 Å². The van der Waals surface area contributed by atoms with E-state index in [2.05, 4.69) is 9.47 Å². The Morgan fingerprint density at radius 3 is 2.47 bits per heavy atom. The summed E-state index contributed by atoms with van der Waals surface area (Å²) in [6.45, 7) is 0. The third-order valence-corrected chi connectivity index (χ3v) is 2.07. The van der Waals surface area contributed by atoms with Gasteiger partial charge in [-0.15, -0.1) is 13.2 Å². The smallest absolute Gasteiger partial charge is 0.465 e. The summed E-state index contributed by atoms with van der Waals surface area (Å²) in [5, 5.41) is -0.354. The molecule has 0 radical (unpaired) electrons. The maximum Gasteiger partial charge on any atom is 0.573 e. The van der Waals surface area contributed by atoms with Crippen LogP contribution < -0.4 is 10.5 Å². The summed E-state index contributed by atoms with van der Waals surface area (Å²) in [6, 6.07) is 2.21. The van der Waals surface area contributed by atoms with Crippen molar-refractivity contribution in [3.05, 3.63) is 22.7 Å². The number of benzene rings is 1. The lowest BCUT2D eigenvalue weighted by Crippen LogP contribution is -2.19. The van der Waals surface area contributed by atoms with Gasteiger partial charge in [0.15, 0.2) is 5.75 Å². The Morgan fingerprint density at radius 1 is 1.41 bits per heavy atom. The molecular formula is C9H7ClF3NO3. The average molecular weight is 270 g/mol. The second-order valence-corrected chi connectivity index (χ2v) is 3.28. The van der Waals surface area contributed by atoms with Crippen LogP contribution in [0.4, 0.5) is 18.9 Å². The minimum Gasteiger partial charge on any atom is -0.465 e. The van der Waals surface area contributed by atoms with E-state index in [0.717, 1.165) is 19.2 Å². The van der Waals surface area contributed by atoms with Crippen molar-refractivity contribution in [3.8, 4) is 5.75 Å². The van der Waals surface area contributed by atoms with Crippen LogP contribution in [0.15, 0.2) is 12.1 Å². The van der Waals surface area contributed by atoms with Crippen LogP contribution in [0.2, 0.25) is 5.02 Å². The molecule has 0 heterocycles. The highest BCUT2D eigenvalue weighted by molar-refractivity contribution is 6.32. The molecule has 2 N–H and O–H groups in total. The summed E-state index contributed by atoms with van der Waals surface area (Å²) in [5.74, 6) is -1.70. The number of esters is 1. The SMILES string of the molecule is COC(=O)c1ccc(Cl)c(OC(F)(F)F)c1N. The molecular weight excluding hydrogens is 263 g/mol. The first-order valence-corrected chi connectivity index (χ1v) is 4.56. The van der Waals surface area contributed by atoms with Gasteiger partial charge >= 0.3 is 12.3 Å². The molecule has 0 bridgehead atoms. The van der Waals surface area contributed by atoms with Crippen molar-refractivity contribution < 1.29 is 27.4 Å². The lowest BCUT2D eigenvalue weighted by molar-refractivity contribution is -0.274. The van der Waals surface area contributed by atoms with Gasteiger partial charge in [-0.3, -0.25) is 0 Å². The predicted molar refractivity (Wildman–Crippen MR) is 53.9 cm³/mol. The Bertz CT molecular complexity index is 448. The molecule has 94 valence electrons. The van der Waals surface area contributed by atoms with Gasteiger partial charge in [-0.2, -0.15) is 0 Å². The Labute approximate surface area is 99.1 Å². The van der Waals surface area contributed by atoms with E-state index in [1.807, 2.05) is 0 Å². The Kier molecular flexibility index (Phi) is 3.72. The van der Waals surface area contributed by atoms with E-state index in [0.29, 0.717) is 0 Å². The molecule has 4 nitrogen and oxygen atoms in total. The number of halogens is 4. The van der Waals surface area contributed by atoms with Gasteiger partial charge in [0.05, 0.1) is 23.4 Å². The van der Waals surface area contributed by atoms with E-state index < -0.39 is 23.8 Å². The Hall–Kier alpha value is -1.63. The van der Waals surface area contributed by atoms with Gasteiger partial charge in [0.1, 0.15) is 0 Å². The summed E-state index contributed by atoms with van der Waals surface area (Å²) >= 11 is 5.50. The maximum absolute atomic E-state index is 12.1. The number of ether oxygens (including phenoxy) is 2. The Morgan fingerprint density at radius 2 is 2.00 bits per heavy atom. The zero-order valence-electron chi connectivity index (χ0n) is 8.47. The quantitative estimate of drug-likeness (QED) is 0.662. The van der Waals surface area contributed by atoms with Gasteiger partial charge in [0, 0.05) is 0 Å². The molecule has 8 heteroatoms. The van der Waals surface area contributed by atoms with Crippen LogP contribution in [-0.2, 0) is 4.74 Å². The van der Waals surface area contributed by atoms with Crippen molar-refractivity contribution in [3.63, 3.8) is 0 Å². The molecule has 1 aromatic carbocycles. The van der Waals surface area contributed by atoms with Crippen LogP contribution in [-0.4, -0.2) is 19.4 Å². The summed E-state index contributed by atoms with van der Waals surface area (Å²) in [7, 11) is 1.07. The number of nitrogen functional groups attached to an aromatic ring is 1. The zero-order valence-corrected chi connectivity index (χ0v) is 9.22. The molecule has 0 aliphatic rings. The van der Waals surface area contributed by atoms with Crippen molar-refractivity contribution in [1.29, 1.82) is 0 Å². The number of nitrogens with two attached hydrogens (primary N) is 1. The lowest BCUT2D eigenvalue weighted by atomic mass is 10.1. The average Bonchev–Trinajstić information content (AvgIpc) is 2.22. The highest BCUT2D eigenvalue weighted by Crippen LogP contribution is 2.37. The van der Waals surface area contributed by atoms with Gasteiger partial charge in [0.25, 0.3) is 0 Å². The molecule has 1 aromatic rings. The summed E-state index contributed by atoms with van der Waals surface area (Å²) in [5.41, 5.74) is 4.58. The van der Waals surface area contributed by atoms with Crippen LogP contribution in [0.25, 0.3) is 0 Å². The fourth-order valence-electron chi connectivity index (χ4n) is 1.08. The summed E-state index contributed by atoms with van der Waals surface area (Å²) < 4.78 is 44.2. The molecule has 1 rings (SSSR count). The number of carbonyl (C=O) groups is 1. The van der Waals surface area contributed by atoms with Gasteiger partial charge in [-0.25, -0.2) is 4.79 Å². The van der Waals surface area contributed by atoms with Gasteiger partial charge in [-0.1, -0.05) is 11.6 Å². The minimum atomic E-state index is -4.95. The van der Waals surface area contributed by atoms with Gasteiger partial charge in [-0.05, 0) is 12.1 Å². The van der Waals surface area contributed by atoms with Crippen LogP contribution in [0.1, 0.15) is 10.4 Å². The monoisotopic (exact) mass is 269 g/mol. The molecule has 0 aliphatic carbocycles. The first-order valence-electron chi connectivity index (χ1n) is 4.18. The highest BCUT2D eigenvalue weighted by atomic mass is 35.5. The number of hydrogen-bond acceptors (Lipinski definition) is 4. The number of anilines is 1. The third kappa shape index (κ3) is 3.16. The van der Waals surface area contributed by atoms with E-state index in [1.54, 1.807) is 0 Å². The van der Waals surface area contributed by atoms with Crippen molar-refractivity contribution in [1.82, 2.24) is 0 Å². The first-order chi connectivity index (χ1) is 7.76. The molecule has 0 aromatic heterocycles. The molecule has 0 unspecified atom stereocenters. The fourth-order valence-corrected chi connectivity index (χ4v) is 1.28. The van der Waals surface area contributed by atoms with Gasteiger partial charge in [0.2, 0.25) is 0 Å². The fraction of sp³-hybridized carbons (Fsp3) is 0.222. The second kappa shape index (κ2) is 4.70. The van der Waals surface area contributed by atoms with Crippen molar-refractivity contribution in [2.45, 2.75) is 6.36 Å². The van der Waals surface area contributed by atoms with E-state index >= 15 is 0 Å². The molecule has 17 heavy (non-hydrogen) atoms. The largest absolute Gasteiger partial charge is 0.573 e. The second-order valence-electron chi connectivity index (χ2n) is 2.88. The number of alkyl halides is 3. The Balaban J connectivity index is 3.25. The number of hydrogen-bond donors (Lipinski definition) is 1. The van der Waals surface area contributed by atoms with Crippen LogP contribution in [0.5, 0.6) is 5.75 Å². The van der Waals surface area contributed by atoms with E-state index in [4.69, 9.17) is 17.3 Å². The minimum absolute atomic E-state index is 0.254. The molecule has 0 amide bonds. The van der Waals surface area contributed by atoms with E-state index in [1.165, 1.54) is 0 Å². The van der Waals surface area contributed by atoms with Crippen LogP contribution in [0.3, 0.4) is 0 Å². The summed E-state index contributed by atoms with van der Waals surface area (Å²) in [6.07, 6.45) is -4.95. The molecule has 0 spiro atoms. The molecule has 0 atom stereocenters. The zero-order chi connectivity index (χ0) is 13.2. The maximum atomic E-state index is 12.1. The molecule has 0 saturated carbocycles. The van der Waals surface area contributed by atoms with Crippen LogP contribution in [0, 0.1) is 0 Å². The number of rotatable bonds is 2. The predicted octanol–water partition coefficient (Wildman–Crippen LogP) is 2.61. The normalized spacial score (nSPS) is 11.1. The third-order valence-electron chi connectivity index (χ3n) is 1.77. The first kappa shape index (κ1) is 13.4. The van der Waals surface area contributed by atoms with Gasteiger partial charge < -0.3 is 15.2 Å². The van der Waals surface area contributed by atoms with Crippen molar-refractivity contribution >= 4 is 23.3 Å². The summed E-state index contributed by atoms with van der Waals surface area (Å²) in [4.78, 5) is 11.2. The molecule has 0 saturated heterocycles. The lowest BCUT2D eigenvalue weighted by Gasteiger charge is -2.14. The topological polar surface area (TPSA) is 61.5 Å². The van der Waals surface area contributed by atoms with E-state index in [-0.39, 0.29) is 10.6 Å². The number of carbonyl (C=O) groups excluding carboxylic acids is 1. The number of methoxy groups -OCH3 is 1. The highest BCUT2D eigenvalue weighted by Gasteiger charge is 2.34. The standard InChI is InChI=1S/C9H7ClF3NO3/c1-16-8(15)4-2-3-5(10)7(6(4)14)17-9(11,12)13/h2-3H,14H2,1H3. The molecule has 0 aliphatic heterocycles. The van der Waals surface area contributed by atoms with Crippen LogP contribution >= 0.6 is 11.6 Å². The molecule has 0 fully saturated rings. The van der Waals surface area contributed by atoms with Crippen molar-refractivity contribution in [2.75, 3.05) is 12.8 Å².